The van der Waals surface area contributed by atoms with Crippen LogP contribution in [0.3, 0.4) is 0 Å². The summed E-state index contributed by atoms with van der Waals surface area (Å²) in [6.45, 7) is 3.86. The van der Waals surface area contributed by atoms with Crippen LogP contribution in [0.4, 0.5) is 0 Å². The Bertz CT molecular complexity index is 1140. The van der Waals surface area contributed by atoms with E-state index in [0.717, 1.165) is 27.9 Å². The number of carbonyl (C=O) groups is 1. The maximum absolute atomic E-state index is 13.2. The molecule has 1 atom stereocenters. The van der Waals surface area contributed by atoms with E-state index in [9.17, 15) is 4.79 Å². The molecule has 0 bridgehead atoms. The molecule has 3 aromatic heterocycles. The number of nitrogens with zero attached hydrogens (tertiary/aromatic N) is 4. The number of aryl methyl sites for hydroxylation is 2. The molecule has 0 saturated heterocycles. The summed E-state index contributed by atoms with van der Waals surface area (Å²) in [7, 11) is 1.85. The summed E-state index contributed by atoms with van der Waals surface area (Å²) in [5, 5.41) is 8.34. The third-order valence-electron chi connectivity index (χ3n) is 4.84. The van der Waals surface area contributed by atoms with Crippen molar-refractivity contribution in [3.63, 3.8) is 0 Å². The molecule has 6 nitrogen and oxygen atoms in total. The van der Waals surface area contributed by atoms with Crippen molar-refractivity contribution in [2.75, 3.05) is 0 Å². The molecular formula is C22H21N5O. The third kappa shape index (κ3) is 3.24. The molecule has 0 aliphatic carbocycles. The van der Waals surface area contributed by atoms with E-state index in [2.05, 4.69) is 15.4 Å². The van der Waals surface area contributed by atoms with E-state index in [1.807, 2.05) is 69.4 Å². The number of hydrogen-bond acceptors (Lipinski definition) is 4. The van der Waals surface area contributed by atoms with Crippen LogP contribution < -0.4 is 5.32 Å². The van der Waals surface area contributed by atoms with Crippen molar-refractivity contribution in [1.82, 2.24) is 25.1 Å². The van der Waals surface area contributed by atoms with E-state index in [-0.39, 0.29) is 11.9 Å². The Kier molecular flexibility index (Phi) is 4.61. The summed E-state index contributed by atoms with van der Waals surface area (Å²) in [4.78, 5) is 22.0. The van der Waals surface area contributed by atoms with Gasteiger partial charge in [0, 0.05) is 25.0 Å². The van der Waals surface area contributed by atoms with Gasteiger partial charge < -0.3 is 5.32 Å². The summed E-state index contributed by atoms with van der Waals surface area (Å²) in [5.74, 6) is -0.148. The fraction of sp³-hybridized carbons (Fsp3) is 0.182. The van der Waals surface area contributed by atoms with E-state index in [1.54, 1.807) is 17.1 Å². The van der Waals surface area contributed by atoms with Crippen LogP contribution in [0, 0.1) is 6.92 Å². The third-order valence-corrected chi connectivity index (χ3v) is 4.84. The number of nitrogens with one attached hydrogen (secondary N) is 1. The molecule has 140 valence electrons. The molecule has 1 amide bonds. The molecule has 1 N–H and O–H groups in total. The zero-order valence-electron chi connectivity index (χ0n) is 16.0. The first kappa shape index (κ1) is 17.9. The minimum atomic E-state index is -0.148. The molecule has 3 heterocycles. The van der Waals surface area contributed by atoms with Gasteiger partial charge in [-0.15, -0.1) is 0 Å². The van der Waals surface area contributed by atoms with Crippen LogP contribution in [0.25, 0.3) is 22.3 Å². The Labute approximate surface area is 163 Å². The quantitative estimate of drug-likeness (QED) is 0.592. The molecule has 0 spiro atoms. The predicted octanol–water partition coefficient (Wildman–Crippen LogP) is 3.83. The van der Waals surface area contributed by atoms with E-state index < -0.39 is 0 Å². The molecule has 4 rings (SSSR count). The molecule has 28 heavy (non-hydrogen) atoms. The second kappa shape index (κ2) is 7.23. The summed E-state index contributed by atoms with van der Waals surface area (Å²) < 4.78 is 1.72. The Hall–Kier alpha value is -3.54. The molecule has 0 aliphatic heterocycles. The summed E-state index contributed by atoms with van der Waals surface area (Å²) >= 11 is 0. The predicted molar refractivity (Wildman–Crippen MR) is 109 cm³/mol. The van der Waals surface area contributed by atoms with Crippen LogP contribution in [0.2, 0.25) is 0 Å². The summed E-state index contributed by atoms with van der Waals surface area (Å²) in [5.41, 5.74) is 4.76. The van der Waals surface area contributed by atoms with Crippen molar-refractivity contribution in [3.8, 4) is 11.3 Å². The van der Waals surface area contributed by atoms with Gasteiger partial charge in [-0.25, -0.2) is 4.98 Å². The number of benzene rings is 1. The van der Waals surface area contributed by atoms with Gasteiger partial charge >= 0.3 is 0 Å². The second-order valence-electron chi connectivity index (χ2n) is 6.80. The van der Waals surface area contributed by atoms with Gasteiger partial charge in [0.2, 0.25) is 0 Å². The van der Waals surface area contributed by atoms with Gasteiger partial charge in [0.05, 0.1) is 28.4 Å². The highest BCUT2D eigenvalue weighted by Crippen LogP contribution is 2.27. The van der Waals surface area contributed by atoms with E-state index in [4.69, 9.17) is 4.98 Å². The van der Waals surface area contributed by atoms with Crippen LogP contribution >= 0.6 is 0 Å². The lowest BCUT2D eigenvalue weighted by atomic mass is 10.0. The molecule has 0 saturated carbocycles. The summed E-state index contributed by atoms with van der Waals surface area (Å²) in [6, 6.07) is 15.4. The van der Waals surface area contributed by atoms with Crippen LogP contribution in [0.15, 0.2) is 60.9 Å². The highest BCUT2D eigenvalue weighted by Gasteiger charge is 2.20. The van der Waals surface area contributed by atoms with Crippen LogP contribution in [-0.4, -0.2) is 25.7 Å². The maximum atomic E-state index is 13.2. The molecule has 1 unspecified atom stereocenters. The van der Waals surface area contributed by atoms with Crippen molar-refractivity contribution in [2.24, 2.45) is 7.05 Å². The number of carbonyl (C=O) groups excluding carboxylic acids is 1. The van der Waals surface area contributed by atoms with Gasteiger partial charge in [-0.3, -0.25) is 14.5 Å². The van der Waals surface area contributed by atoms with Gasteiger partial charge in [-0.2, -0.15) is 5.10 Å². The van der Waals surface area contributed by atoms with Crippen molar-refractivity contribution in [1.29, 1.82) is 0 Å². The molecule has 0 aliphatic rings. The average molecular weight is 371 g/mol. The van der Waals surface area contributed by atoms with E-state index in [1.165, 1.54) is 0 Å². The number of aromatic nitrogens is 4. The standard InChI is InChI=1S/C22H21N5O/c1-14(16-9-11-23-12-10-16)24-22(28)18-13-19(17-7-5-4-6-8-17)25-21-20(18)15(2)26-27(21)3/h4-14H,1-3H3,(H,24,28). The number of hydrogen-bond donors (Lipinski definition) is 1. The molecular weight excluding hydrogens is 350 g/mol. The van der Waals surface area contributed by atoms with Crippen molar-refractivity contribution >= 4 is 16.9 Å². The normalized spacial score (nSPS) is 12.1. The average Bonchev–Trinajstić information content (AvgIpc) is 3.02. The first-order chi connectivity index (χ1) is 13.5. The monoisotopic (exact) mass is 371 g/mol. The van der Waals surface area contributed by atoms with Crippen LogP contribution in [0.1, 0.15) is 34.6 Å². The van der Waals surface area contributed by atoms with Gasteiger partial charge in [0.1, 0.15) is 0 Å². The molecule has 1 aromatic carbocycles. The lowest BCUT2D eigenvalue weighted by Crippen LogP contribution is -2.27. The topological polar surface area (TPSA) is 72.7 Å². The fourth-order valence-electron chi connectivity index (χ4n) is 3.39. The first-order valence-corrected chi connectivity index (χ1v) is 9.15. The molecule has 6 heteroatoms. The molecule has 4 aromatic rings. The zero-order valence-corrected chi connectivity index (χ0v) is 16.0. The lowest BCUT2D eigenvalue weighted by molar-refractivity contribution is 0.0941. The minimum absolute atomic E-state index is 0.143. The van der Waals surface area contributed by atoms with Gasteiger partial charge in [-0.1, -0.05) is 30.3 Å². The van der Waals surface area contributed by atoms with Crippen LogP contribution in [-0.2, 0) is 7.05 Å². The second-order valence-corrected chi connectivity index (χ2v) is 6.80. The van der Waals surface area contributed by atoms with Crippen LogP contribution in [0.5, 0.6) is 0 Å². The smallest absolute Gasteiger partial charge is 0.252 e. The largest absolute Gasteiger partial charge is 0.345 e. The number of rotatable bonds is 4. The highest BCUT2D eigenvalue weighted by molar-refractivity contribution is 6.07. The number of fused-ring (bicyclic) bond motifs is 1. The van der Waals surface area contributed by atoms with Crippen molar-refractivity contribution < 1.29 is 4.79 Å². The van der Waals surface area contributed by atoms with Gasteiger partial charge in [-0.05, 0) is 37.6 Å². The summed E-state index contributed by atoms with van der Waals surface area (Å²) in [6.07, 6.45) is 3.45. The Morgan fingerprint density at radius 1 is 1.11 bits per heavy atom. The first-order valence-electron chi connectivity index (χ1n) is 9.15. The number of pyridine rings is 2. The van der Waals surface area contributed by atoms with Crippen molar-refractivity contribution in [3.05, 3.63) is 77.7 Å². The lowest BCUT2D eigenvalue weighted by Gasteiger charge is -2.15. The van der Waals surface area contributed by atoms with Gasteiger partial charge in [0.25, 0.3) is 5.91 Å². The fourth-order valence-corrected chi connectivity index (χ4v) is 3.39. The Morgan fingerprint density at radius 3 is 2.54 bits per heavy atom. The Balaban J connectivity index is 1.79. The highest BCUT2D eigenvalue weighted by atomic mass is 16.1. The van der Waals surface area contributed by atoms with Gasteiger partial charge in [0.15, 0.2) is 5.65 Å². The number of amides is 1. The van der Waals surface area contributed by atoms with E-state index >= 15 is 0 Å². The van der Waals surface area contributed by atoms with E-state index in [0.29, 0.717) is 11.2 Å². The minimum Gasteiger partial charge on any atom is -0.345 e. The maximum Gasteiger partial charge on any atom is 0.252 e. The van der Waals surface area contributed by atoms with Crippen molar-refractivity contribution in [2.45, 2.75) is 19.9 Å². The zero-order chi connectivity index (χ0) is 19.7. The molecule has 0 fully saturated rings. The Morgan fingerprint density at radius 2 is 1.82 bits per heavy atom. The SMILES string of the molecule is Cc1nn(C)c2nc(-c3ccccc3)cc(C(=O)NC(C)c3ccncc3)c12. The molecule has 0 radical (unpaired) electrons.